The highest BCUT2D eigenvalue weighted by molar-refractivity contribution is 6.31. The summed E-state index contributed by atoms with van der Waals surface area (Å²) in [5.41, 5.74) is 1.07. The van der Waals surface area contributed by atoms with Crippen LogP contribution >= 0.6 is 11.6 Å². The van der Waals surface area contributed by atoms with Crippen molar-refractivity contribution in [1.82, 2.24) is 14.8 Å². The van der Waals surface area contributed by atoms with E-state index in [1.807, 2.05) is 0 Å². The van der Waals surface area contributed by atoms with Crippen molar-refractivity contribution in [2.24, 2.45) is 0 Å². The van der Waals surface area contributed by atoms with E-state index in [4.69, 9.17) is 11.6 Å². The second kappa shape index (κ2) is 6.45. The highest BCUT2D eigenvalue weighted by Crippen LogP contribution is 2.24. The number of halogens is 2. The van der Waals surface area contributed by atoms with E-state index in [2.05, 4.69) is 20.7 Å². The number of para-hydroxylation sites is 1. The van der Waals surface area contributed by atoms with Crippen molar-refractivity contribution >= 4 is 29.0 Å². The summed E-state index contributed by atoms with van der Waals surface area (Å²) in [5, 5.41) is 9.52. The molecule has 3 rings (SSSR count). The third-order valence-corrected chi connectivity index (χ3v) is 3.23. The van der Waals surface area contributed by atoms with Gasteiger partial charge in [0.1, 0.15) is 18.5 Å². The summed E-state index contributed by atoms with van der Waals surface area (Å²) in [6, 6.07) is 10.2. The van der Waals surface area contributed by atoms with Gasteiger partial charge in [0, 0.05) is 5.02 Å². The Morgan fingerprint density at radius 3 is 2.65 bits per heavy atom. The Bertz CT molecular complexity index is 838. The van der Waals surface area contributed by atoms with Crippen LogP contribution < -0.4 is 10.6 Å². The van der Waals surface area contributed by atoms with Crippen LogP contribution in [0.4, 0.5) is 20.6 Å². The van der Waals surface area contributed by atoms with E-state index in [1.165, 1.54) is 35.5 Å². The van der Waals surface area contributed by atoms with Gasteiger partial charge in [-0.05, 0) is 30.3 Å². The van der Waals surface area contributed by atoms with Crippen molar-refractivity contribution in [1.29, 1.82) is 0 Å². The van der Waals surface area contributed by atoms with E-state index in [0.29, 0.717) is 16.4 Å². The summed E-state index contributed by atoms with van der Waals surface area (Å²) in [4.78, 5) is 16.0. The smallest absolute Gasteiger partial charge is 0.306 e. The zero-order valence-electron chi connectivity index (χ0n) is 11.7. The number of benzene rings is 2. The largest absolute Gasteiger partial charge is 0.323 e. The summed E-state index contributed by atoms with van der Waals surface area (Å²) in [6.07, 6.45) is 2.86. The first-order valence-corrected chi connectivity index (χ1v) is 6.98. The van der Waals surface area contributed by atoms with Gasteiger partial charge in [-0.1, -0.05) is 23.7 Å². The van der Waals surface area contributed by atoms with Gasteiger partial charge in [0.25, 0.3) is 0 Å². The Morgan fingerprint density at radius 1 is 1.13 bits per heavy atom. The molecule has 0 aliphatic carbocycles. The fourth-order valence-electron chi connectivity index (χ4n) is 1.98. The number of rotatable bonds is 3. The molecule has 0 unspecified atom stereocenters. The SMILES string of the molecule is O=C(Nc1ccccc1F)Nc1cc(Cl)ccc1-n1cncn1. The molecule has 0 bridgehead atoms. The fourth-order valence-corrected chi connectivity index (χ4v) is 2.15. The molecule has 1 aromatic heterocycles. The fraction of sp³-hybridized carbons (Fsp3) is 0. The van der Waals surface area contributed by atoms with Crippen LogP contribution in [0.25, 0.3) is 5.69 Å². The molecule has 0 spiro atoms. The molecule has 0 aliphatic rings. The van der Waals surface area contributed by atoms with Crippen LogP contribution in [0.5, 0.6) is 0 Å². The van der Waals surface area contributed by atoms with Gasteiger partial charge in [-0.15, -0.1) is 0 Å². The Kier molecular flexibility index (Phi) is 4.20. The lowest BCUT2D eigenvalue weighted by molar-refractivity contribution is 0.262. The van der Waals surface area contributed by atoms with Crippen LogP contribution in [0.2, 0.25) is 5.02 Å². The summed E-state index contributed by atoms with van der Waals surface area (Å²) in [5.74, 6) is -0.523. The third kappa shape index (κ3) is 3.46. The average molecular weight is 332 g/mol. The van der Waals surface area contributed by atoms with Crippen molar-refractivity contribution in [3.8, 4) is 5.69 Å². The molecule has 2 amide bonds. The molecule has 0 saturated carbocycles. The lowest BCUT2D eigenvalue weighted by Gasteiger charge is -2.12. The number of hydrogen-bond donors (Lipinski definition) is 2. The lowest BCUT2D eigenvalue weighted by Crippen LogP contribution is -2.21. The molecular formula is C15H11ClFN5O. The van der Waals surface area contributed by atoms with E-state index in [9.17, 15) is 9.18 Å². The second-order valence-corrected chi connectivity index (χ2v) is 5.00. The molecule has 6 nitrogen and oxygen atoms in total. The van der Waals surface area contributed by atoms with Crippen molar-refractivity contribution in [3.05, 3.63) is 66.0 Å². The summed E-state index contributed by atoms with van der Waals surface area (Å²) >= 11 is 5.97. The lowest BCUT2D eigenvalue weighted by atomic mass is 10.2. The highest BCUT2D eigenvalue weighted by Gasteiger charge is 2.11. The first kappa shape index (κ1) is 15.0. The molecule has 0 aliphatic heterocycles. The quantitative estimate of drug-likeness (QED) is 0.768. The first-order chi connectivity index (χ1) is 11.1. The number of carbonyl (C=O) groups excluding carboxylic acids is 1. The number of urea groups is 1. The number of amides is 2. The maximum Gasteiger partial charge on any atom is 0.323 e. The van der Waals surface area contributed by atoms with E-state index >= 15 is 0 Å². The molecule has 0 atom stereocenters. The maximum absolute atomic E-state index is 13.6. The monoisotopic (exact) mass is 331 g/mol. The van der Waals surface area contributed by atoms with Gasteiger partial charge in [0.15, 0.2) is 0 Å². The van der Waals surface area contributed by atoms with Crippen LogP contribution in [-0.4, -0.2) is 20.8 Å². The average Bonchev–Trinajstić information content (AvgIpc) is 3.04. The van der Waals surface area contributed by atoms with Crippen molar-refractivity contribution in [3.63, 3.8) is 0 Å². The Balaban J connectivity index is 1.84. The summed E-state index contributed by atoms with van der Waals surface area (Å²) < 4.78 is 15.1. The van der Waals surface area contributed by atoms with Gasteiger partial charge >= 0.3 is 6.03 Å². The van der Waals surface area contributed by atoms with Crippen LogP contribution in [0.15, 0.2) is 55.1 Å². The molecule has 0 fully saturated rings. The topological polar surface area (TPSA) is 71.8 Å². The van der Waals surface area contributed by atoms with E-state index < -0.39 is 11.8 Å². The van der Waals surface area contributed by atoms with Crippen molar-refractivity contribution in [2.45, 2.75) is 0 Å². The molecule has 0 saturated heterocycles. The molecule has 1 heterocycles. The molecule has 0 radical (unpaired) electrons. The van der Waals surface area contributed by atoms with Crippen LogP contribution in [0, 0.1) is 5.82 Å². The van der Waals surface area contributed by atoms with Gasteiger partial charge in [-0.2, -0.15) is 5.10 Å². The number of nitrogens with one attached hydrogen (secondary N) is 2. The minimum absolute atomic E-state index is 0.0781. The first-order valence-electron chi connectivity index (χ1n) is 6.60. The van der Waals surface area contributed by atoms with Crippen LogP contribution in [-0.2, 0) is 0 Å². The standard InChI is InChI=1S/C15H11ClFN5O/c16-10-5-6-14(22-9-18-8-19-22)13(7-10)21-15(23)20-12-4-2-1-3-11(12)17/h1-9H,(H2,20,21,23). The second-order valence-electron chi connectivity index (χ2n) is 4.56. The number of carbonyl (C=O) groups is 1. The van der Waals surface area contributed by atoms with E-state index in [1.54, 1.807) is 24.3 Å². The minimum Gasteiger partial charge on any atom is -0.306 e. The van der Waals surface area contributed by atoms with Gasteiger partial charge < -0.3 is 10.6 Å². The molecule has 3 aromatic rings. The molecular weight excluding hydrogens is 321 g/mol. The van der Waals surface area contributed by atoms with Gasteiger partial charge in [0.05, 0.1) is 17.1 Å². The number of hydrogen-bond acceptors (Lipinski definition) is 3. The third-order valence-electron chi connectivity index (χ3n) is 2.99. The predicted octanol–water partition coefficient (Wildman–Crippen LogP) is 3.70. The minimum atomic E-state index is -0.598. The zero-order valence-corrected chi connectivity index (χ0v) is 12.5. The van der Waals surface area contributed by atoms with E-state index in [-0.39, 0.29) is 5.69 Å². The Hall–Kier alpha value is -2.93. The summed E-state index contributed by atoms with van der Waals surface area (Å²) in [7, 11) is 0. The predicted molar refractivity (Wildman–Crippen MR) is 85.4 cm³/mol. The highest BCUT2D eigenvalue weighted by atomic mass is 35.5. The maximum atomic E-state index is 13.6. The number of anilines is 2. The molecule has 116 valence electrons. The summed E-state index contributed by atoms with van der Waals surface area (Å²) in [6.45, 7) is 0. The normalized spacial score (nSPS) is 10.3. The van der Waals surface area contributed by atoms with Gasteiger partial charge in [-0.25, -0.2) is 18.9 Å². The number of nitrogens with zero attached hydrogens (tertiary/aromatic N) is 3. The number of aromatic nitrogens is 3. The van der Waals surface area contributed by atoms with Gasteiger partial charge in [-0.3, -0.25) is 0 Å². The van der Waals surface area contributed by atoms with Gasteiger partial charge in [0.2, 0.25) is 0 Å². The molecule has 23 heavy (non-hydrogen) atoms. The molecule has 2 N–H and O–H groups in total. The van der Waals surface area contributed by atoms with Crippen molar-refractivity contribution < 1.29 is 9.18 Å². The van der Waals surface area contributed by atoms with Crippen molar-refractivity contribution in [2.75, 3.05) is 10.6 Å². The molecule has 2 aromatic carbocycles. The Morgan fingerprint density at radius 2 is 1.91 bits per heavy atom. The van der Waals surface area contributed by atoms with Crippen LogP contribution in [0.1, 0.15) is 0 Å². The Labute approximate surface area is 135 Å². The van der Waals surface area contributed by atoms with E-state index in [0.717, 1.165) is 0 Å². The zero-order chi connectivity index (χ0) is 16.2. The van der Waals surface area contributed by atoms with Crippen LogP contribution in [0.3, 0.4) is 0 Å². The molecule has 8 heteroatoms.